The molecule has 0 radical (unpaired) electrons. The van der Waals surface area contributed by atoms with Crippen molar-refractivity contribution in [1.82, 2.24) is 10.6 Å². The van der Waals surface area contributed by atoms with Crippen LogP contribution in [0.3, 0.4) is 0 Å². The number of amides is 1. The zero-order valence-corrected chi connectivity index (χ0v) is 10.1. The van der Waals surface area contributed by atoms with Gasteiger partial charge in [-0.1, -0.05) is 0 Å². The van der Waals surface area contributed by atoms with Crippen molar-refractivity contribution in [1.29, 1.82) is 0 Å². The van der Waals surface area contributed by atoms with E-state index in [1.807, 2.05) is 20.8 Å². The monoisotopic (exact) mass is 228 g/mol. The van der Waals surface area contributed by atoms with E-state index >= 15 is 0 Å². The molecular weight excluding hydrogens is 208 g/mol. The number of rotatable bonds is 1. The second-order valence-electron chi connectivity index (χ2n) is 5.48. The Hall–Kier alpha value is -0.810. The highest BCUT2D eigenvalue weighted by Crippen LogP contribution is 2.32. The minimum absolute atomic E-state index is 0.361. The molecule has 16 heavy (non-hydrogen) atoms. The molecule has 2 saturated heterocycles. The maximum Gasteiger partial charge on any atom is 0.409 e. The van der Waals surface area contributed by atoms with Gasteiger partial charge in [0.1, 0.15) is 5.60 Å². The minimum Gasteiger partial charge on any atom is -0.444 e. The van der Waals surface area contributed by atoms with Crippen LogP contribution >= 0.6 is 0 Å². The van der Waals surface area contributed by atoms with Gasteiger partial charge in [-0.3, -0.25) is 5.32 Å². The summed E-state index contributed by atoms with van der Waals surface area (Å²) in [6.45, 7) is 7.83. The van der Waals surface area contributed by atoms with Crippen LogP contribution in [-0.4, -0.2) is 37.1 Å². The third-order valence-electron chi connectivity index (χ3n) is 2.98. The number of carbonyl (C=O) groups excluding carboxylic acids is 1. The van der Waals surface area contributed by atoms with Crippen molar-refractivity contribution in [3.63, 3.8) is 0 Å². The van der Waals surface area contributed by atoms with Crippen molar-refractivity contribution in [2.75, 3.05) is 19.7 Å². The molecule has 2 heterocycles. The van der Waals surface area contributed by atoms with E-state index in [4.69, 9.17) is 9.47 Å². The molecule has 0 unspecified atom stereocenters. The molecule has 2 aliphatic rings. The molecule has 0 saturated carbocycles. The molecule has 5 heteroatoms. The van der Waals surface area contributed by atoms with Crippen LogP contribution in [0.5, 0.6) is 0 Å². The topological polar surface area (TPSA) is 59.6 Å². The summed E-state index contributed by atoms with van der Waals surface area (Å²) in [5.41, 5.74) is -1.01. The summed E-state index contributed by atoms with van der Waals surface area (Å²) < 4.78 is 10.9. The number of alkyl carbamates (subject to hydrolysis) is 1. The lowest BCUT2D eigenvalue weighted by molar-refractivity contribution is -0.0351. The Morgan fingerprint density at radius 3 is 3.00 bits per heavy atom. The van der Waals surface area contributed by atoms with E-state index in [1.54, 1.807) is 0 Å². The molecule has 2 atom stereocenters. The van der Waals surface area contributed by atoms with Gasteiger partial charge in [0.05, 0.1) is 6.61 Å². The number of fused-ring (bicyclic) bond motifs is 1. The van der Waals surface area contributed by atoms with Gasteiger partial charge in [0.25, 0.3) is 0 Å². The van der Waals surface area contributed by atoms with Crippen molar-refractivity contribution in [2.45, 2.75) is 38.5 Å². The van der Waals surface area contributed by atoms with E-state index < -0.39 is 17.4 Å². The maximum atomic E-state index is 11.7. The van der Waals surface area contributed by atoms with Crippen LogP contribution in [0.25, 0.3) is 0 Å². The summed E-state index contributed by atoms with van der Waals surface area (Å²) in [4.78, 5) is 11.7. The average Bonchev–Trinajstić information content (AvgIpc) is 2.57. The van der Waals surface area contributed by atoms with E-state index in [1.165, 1.54) is 0 Å². The highest BCUT2D eigenvalue weighted by molar-refractivity contribution is 5.68. The van der Waals surface area contributed by atoms with E-state index in [0.29, 0.717) is 19.1 Å². The molecule has 0 aliphatic carbocycles. The predicted octanol–water partition coefficient (Wildman–Crippen LogP) is 0.847. The van der Waals surface area contributed by atoms with Gasteiger partial charge in [-0.2, -0.15) is 0 Å². The highest BCUT2D eigenvalue weighted by Gasteiger charge is 2.49. The van der Waals surface area contributed by atoms with Gasteiger partial charge in [-0.05, 0) is 27.2 Å². The van der Waals surface area contributed by atoms with Gasteiger partial charge in [-0.15, -0.1) is 0 Å². The molecule has 0 spiro atoms. The second-order valence-corrected chi connectivity index (χ2v) is 5.48. The smallest absolute Gasteiger partial charge is 0.409 e. The lowest BCUT2D eigenvalue weighted by atomic mass is 9.99. The molecule has 2 fully saturated rings. The molecule has 2 N–H and O–H groups in total. The Kier molecular flexibility index (Phi) is 2.84. The van der Waals surface area contributed by atoms with Crippen LogP contribution in [-0.2, 0) is 9.47 Å². The van der Waals surface area contributed by atoms with Gasteiger partial charge in [0, 0.05) is 19.0 Å². The van der Waals surface area contributed by atoms with Crippen molar-refractivity contribution < 1.29 is 14.3 Å². The first-order valence-electron chi connectivity index (χ1n) is 5.77. The maximum absolute atomic E-state index is 11.7. The molecule has 2 aliphatic heterocycles. The van der Waals surface area contributed by atoms with E-state index in [0.717, 1.165) is 13.0 Å². The van der Waals surface area contributed by atoms with Crippen molar-refractivity contribution in [2.24, 2.45) is 5.92 Å². The fourth-order valence-corrected chi connectivity index (χ4v) is 2.29. The summed E-state index contributed by atoms with van der Waals surface area (Å²) in [6.07, 6.45) is 0.589. The summed E-state index contributed by atoms with van der Waals surface area (Å²) in [5.74, 6) is 0.361. The van der Waals surface area contributed by atoms with E-state index in [2.05, 4.69) is 10.6 Å². The Morgan fingerprint density at radius 2 is 2.31 bits per heavy atom. The molecule has 0 bridgehead atoms. The summed E-state index contributed by atoms with van der Waals surface area (Å²) in [7, 11) is 0. The second kappa shape index (κ2) is 3.89. The van der Waals surface area contributed by atoms with Gasteiger partial charge in [0.2, 0.25) is 0 Å². The highest BCUT2D eigenvalue weighted by atomic mass is 16.6. The van der Waals surface area contributed by atoms with Crippen LogP contribution in [0.4, 0.5) is 4.79 Å². The minimum atomic E-state index is -0.539. The number of ether oxygens (including phenoxy) is 2. The number of hydrogen-bond donors (Lipinski definition) is 2. The average molecular weight is 228 g/mol. The number of hydrogen-bond acceptors (Lipinski definition) is 4. The largest absolute Gasteiger partial charge is 0.444 e. The van der Waals surface area contributed by atoms with Crippen LogP contribution in [0.2, 0.25) is 0 Å². The lowest BCUT2D eigenvalue weighted by Crippen LogP contribution is -2.54. The third-order valence-corrected chi connectivity index (χ3v) is 2.98. The van der Waals surface area contributed by atoms with Crippen molar-refractivity contribution in [3.8, 4) is 0 Å². The summed E-state index contributed by atoms with van der Waals surface area (Å²) in [5, 5.41) is 6.10. The van der Waals surface area contributed by atoms with Gasteiger partial charge >= 0.3 is 6.09 Å². The number of carbonyl (C=O) groups is 1. The standard InChI is InChI=1S/C11H20N2O3/c1-10(2,3)16-9(14)13-11-7-12-6-8(11)4-5-15-11/h8,12H,4-7H2,1-3H3,(H,13,14)/t8-,11+/m1/s1. The number of nitrogens with one attached hydrogen (secondary N) is 2. The van der Waals surface area contributed by atoms with Crippen LogP contribution in [0.15, 0.2) is 0 Å². The zero-order valence-electron chi connectivity index (χ0n) is 10.1. The molecule has 1 amide bonds. The lowest BCUT2D eigenvalue weighted by Gasteiger charge is -2.30. The fourth-order valence-electron chi connectivity index (χ4n) is 2.29. The van der Waals surface area contributed by atoms with Crippen LogP contribution in [0.1, 0.15) is 27.2 Å². The van der Waals surface area contributed by atoms with Crippen molar-refractivity contribution in [3.05, 3.63) is 0 Å². The van der Waals surface area contributed by atoms with Crippen molar-refractivity contribution >= 4 is 6.09 Å². The molecule has 0 aromatic rings. The normalized spacial score (nSPS) is 33.6. The van der Waals surface area contributed by atoms with Gasteiger partial charge in [0.15, 0.2) is 5.72 Å². The van der Waals surface area contributed by atoms with Crippen LogP contribution in [0, 0.1) is 5.92 Å². The third kappa shape index (κ3) is 2.30. The first-order chi connectivity index (χ1) is 7.41. The first kappa shape index (κ1) is 11.7. The van der Waals surface area contributed by atoms with E-state index in [9.17, 15) is 4.79 Å². The first-order valence-corrected chi connectivity index (χ1v) is 5.77. The SMILES string of the molecule is CC(C)(C)OC(=O)N[C@]12CNC[C@H]1CCO2. The fraction of sp³-hybridized carbons (Fsp3) is 0.909. The molecule has 92 valence electrons. The molecule has 0 aromatic carbocycles. The zero-order chi connectivity index (χ0) is 11.8. The molecule has 0 aromatic heterocycles. The Balaban J connectivity index is 1.96. The molecule has 2 rings (SSSR count). The van der Waals surface area contributed by atoms with Gasteiger partial charge < -0.3 is 14.8 Å². The quantitative estimate of drug-likeness (QED) is 0.698. The Bertz CT molecular complexity index is 275. The summed E-state index contributed by atoms with van der Waals surface area (Å²) in [6, 6.07) is 0. The van der Waals surface area contributed by atoms with E-state index in [-0.39, 0.29) is 0 Å². The van der Waals surface area contributed by atoms with Crippen LogP contribution < -0.4 is 10.6 Å². The predicted molar refractivity (Wildman–Crippen MR) is 59.0 cm³/mol. The van der Waals surface area contributed by atoms with Gasteiger partial charge in [-0.25, -0.2) is 4.79 Å². The Labute approximate surface area is 95.9 Å². The molecular formula is C11H20N2O3. The summed E-state index contributed by atoms with van der Waals surface area (Å²) >= 11 is 0. The molecule has 5 nitrogen and oxygen atoms in total. The Morgan fingerprint density at radius 1 is 1.56 bits per heavy atom.